The summed E-state index contributed by atoms with van der Waals surface area (Å²) in [6, 6.07) is 3.63. The van der Waals surface area contributed by atoms with Gasteiger partial charge < -0.3 is 0 Å². The first-order valence-corrected chi connectivity index (χ1v) is 8.34. The van der Waals surface area contributed by atoms with Crippen molar-refractivity contribution in [2.24, 2.45) is 0 Å². The third-order valence-corrected chi connectivity index (χ3v) is 4.34. The van der Waals surface area contributed by atoms with E-state index in [4.69, 9.17) is 15.8 Å². The van der Waals surface area contributed by atoms with Gasteiger partial charge in [0.15, 0.2) is 0 Å². The number of hydrogen-bond donors (Lipinski definition) is 0. The minimum atomic E-state index is -3.44. The van der Waals surface area contributed by atoms with Crippen LogP contribution in [0.2, 0.25) is 4.34 Å². The van der Waals surface area contributed by atoms with E-state index in [1.54, 1.807) is 11.4 Å². The van der Waals surface area contributed by atoms with Crippen LogP contribution in [0.15, 0.2) is 17.5 Å². The lowest BCUT2D eigenvalue weighted by molar-refractivity contribution is 0.312. The first-order chi connectivity index (χ1) is 7.96. The number of thiophene rings is 1. The normalized spacial score (nSPS) is 11.9. The summed E-state index contributed by atoms with van der Waals surface area (Å²) in [5.41, 5.74) is 1.48. The highest BCUT2D eigenvalue weighted by atomic mass is 35.5. The summed E-state index contributed by atoms with van der Waals surface area (Å²) >= 11 is 8.50. The molecule has 2 heterocycles. The van der Waals surface area contributed by atoms with Gasteiger partial charge in [0.05, 0.1) is 27.8 Å². The fourth-order valence-electron chi connectivity index (χ4n) is 1.17. The van der Waals surface area contributed by atoms with Gasteiger partial charge in [-0.2, -0.15) is 12.8 Å². The molecule has 0 saturated carbocycles. The van der Waals surface area contributed by atoms with Crippen molar-refractivity contribution in [3.8, 4) is 10.6 Å². The fraction of sp³-hybridized carbons (Fsp3) is 0.222. The molecule has 0 radical (unpaired) electrons. The van der Waals surface area contributed by atoms with Gasteiger partial charge in [-0.05, 0) is 23.7 Å². The van der Waals surface area contributed by atoms with Crippen LogP contribution in [0.1, 0.15) is 5.56 Å². The second-order valence-electron chi connectivity index (χ2n) is 3.26. The molecule has 0 N–H and O–H groups in total. The zero-order valence-corrected chi connectivity index (χ0v) is 11.9. The van der Waals surface area contributed by atoms with E-state index in [9.17, 15) is 8.42 Å². The molecule has 0 amide bonds. The number of aromatic nitrogens is 1. The topological polar surface area (TPSA) is 56.3 Å². The molecular formula is C9H8ClNO3S3. The highest BCUT2D eigenvalue weighted by molar-refractivity contribution is 7.85. The molecule has 0 aliphatic heterocycles. The minimum Gasteiger partial charge on any atom is -0.265 e. The van der Waals surface area contributed by atoms with Gasteiger partial charge in [0.2, 0.25) is 0 Å². The SMILES string of the molecule is CS(=O)(=O)OCc1csnc1-c1ccc(Cl)s1. The average molecular weight is 310 g/mol. The summed E-state index contributed by atoms with van der Waals surface area (Å²) in [7, 11) is -3.44. The zero-order valence-electron chi connectivity index (χ0n) is 8.71. The smallest absolute Gasteiger partial charge is 0.264 e. The van der Waals surface area contributed by atoms with Gasteiger partial charge in [0.1, 0.15) is 0 Å². The van der Waals surface area contributed by atoms with Crippen molar-refractivity contribution in [1.82, 2.24) is 4.37 Å². The van der Waals surface area contributed by atoms with Crippen molar-refractivity contribution >= 4 is 44.6 Å². The average Bonchev–Trinajstić information content (AvgIpc) is 2.81. The maximum absolute atomic E-state index is 10.9. The summed E-state index contributed by atoms with van der Waals surface area (Å²) < 4.78 is 31.5. The molecule has 0 saturated heterocycles. The Morgan fingerprint density at radius 1 is 1.47 bits per heavy atom. The van der Waals surface area contributed by atoms with Crippen LogP contribution in [0.4, 0.5) is 0 Å². The van der Waals surface area contributed by atoms with E-state index in [-0.39, 0.29) is 6.61 Å². The van der Waals surface area contributed by atoms with Crippen LogP contribution in [0, 0.1) is 0 Å². The Morgan fingerprint density at radius 2 is 2.24 bits per heavy atom. The predicted octanol–water partition coefficient (Wildman–Crippen LogP) is 3.00. The lowest BCUT2D eigenvalue weighted by Crippen LogP contribution is -2.02. The number of hydrogen-bond acceptors (Lipinski definition) is 6. The van der Waals surface area contributed by atoms with Crippen LogP contribution in [0.5, 0.6) is 0 Å². The maximum Gasteiger partial charge on any atom is 0.264 e. The monoisotopic (exact) mass is 309 g/mol. The van der Waals surface area contributed by atoms with Crippen molar-refractivity contribution in [3.05, 3.63) is 27.4 Å². The molecule has 2 aromatic rings. The van der Waals surface area contributed by atoms with E-state index in [2.05, 4.69) is 4.37 Å². The first-order valence-electron chi connectivity index (χ1n) is 4.49. The van der Waals surface area contributed by atoms with Gasteiger partial charge in [-0.25, -0.2) is 0 Å². The van der Waals surface area contributed by atoms with Crippen molar-refractivity contribution < 1.29 is 12.6 Å². The lowest BCUT2D eigenvalue weighted by atomic mass is 10.2. The molecule has 0 atom stereocenters. The highest BCUT2D eigenvalue weighted by Gasteiger charge is 2.13. The number of halogens is 1. The molecule has 0 bridgehead atoms. The molecule has 0 aromatic carbocycles. The van der Waals surface area contributed by atoms with Crippen LogP contribution in [0.25, 0.3) is 10.6 Å². The van der Waals surface area contributed by atoms with Gasteiger partial charge in [-0.15, -0.1) is 11.3 Å². The van der Waals surface area contributed by atoms with E-state index >= 15 is 0 Å². The predicted molar refractivity (Wildman–Crippen MR) is 70.1 cm³/mol. The summed E-state index contributed by atoms with van der Waals surface area (Å²) in [6.07, 6.45) is 1.02. The van der Waals surface area contributed by atoms with Crippen LogP contribution in [0.3, 0.4) is 0 Å². The number of nitrogens with zero attached hydrogens (tertiary/aromatic N) is 1. The Labute approximate surface area is 112 Å². The summed E-state index contributed by atoms with van der Waals surface area (Å²) in [4.78, 5) is 0.906. The summed E-state index contributed by atoms with van der Waals surface area (Å²) in [5, 5.41) is 1.77. The van der Waals surface area contributed by atoms with Gasteiger partial charge in [0, 0.05) is 10.9 Å². The Morgan fingerprint density at radius 3 is 2.82 bits per heavy atom. The first kappa shape index (κ1) is 13.0. The molecule has 2 aromatic heterocycles. The quantitative estimate of drug-likeness (QED) is 0.815. The van der Waals surface area contributed by atoms with Gasteiger partial charge in [0.25, 0.3) is 10.1 Å². The molecule has 0 spiro atoms. The second-order valence-corrected chi connectivity index (χ2v) is 7.25. The van der Waals surface area contributed by atoms with Crippen molar-refractivity contribution in [1.29, 1.82) is 0 Å². The Bertz CT molecular complexity index is 617. The number of rotatable bonds is 4. The molecule has 2 rings (SSSR count). The standard InChI is InChI=1S/C9H8ClNO3S3/c1-17(12,13)14-4-6-5-15-11-9(6)7-2-3-8(10)16-7/h2-3,5H,4H2,1H3. The Balaban J connectivity index is 2.23. The fourth-order valence-corrected chi connectivity index (χ4v) is 3.32. The van der Waals surface area contributed by atoms with Crippen LogP contribution in [-0.4, -0.2) is 19.0 Å². The summed E-state index contributed by atoms with van der Waals surface area (Å²) in [5.74, 6) is 0. The molecule has 0 aliphatic rings. The molecule has 0 unspecified atom stereocenters. The molecule has 17 heavy (non-hydrogen) atoms. The molecule has 8 heteroatoms. The minimum absolute atomic E-state index is 0.000184. The van der Waals surface area contributed by atoms with E-state index in [1.165, 1.54) is 22.9 Å². The maximum atomic E-state index is 10.9. The highest BCUT2D eigenvalue weighted by Crippen LogP contribution is 2.33. The Kier molecular flexibility index (Phi) is 3.84. The molecule has 4 nitrogen and oxygen atoms in total. The van der Waals surface area contributed by atoms with Crippen LogP contribution >= 0.6 is 34.5 Å². The molecule has 0 fully saturated rings. The van der Waals surface area contributed by atoms with E-state index in [0.717, 1.165) is 22.4 Å². The van der Waals surface area contributed by atoms with E-state index in [1.807, 2.05) is 6.07 Å². The molecular weight excluding hydrogens is 302 g/mol. The second kappa shape index (κ2) is 5.03. The van der Waals surface area contributed by atoms with Crippen LogP contribution < -0.4 is 0 Å². The van der Waals surface area contributed by atoms with E-state index in [0.29, 0.717) is 4.34 Å². The molecule has 0 aliphatic carbocycles. The third kappa shape index (κ3) is 3.49. The largest absolute Gasteiger partial charge is 0.265 e. The molecule has 92 valence electrons. The lowest BCUT2D eigenvalue weighted by Gasteiger charge is -2.00. The summed E-state index contributed by atoms with van der Waals surface area (Å²) in [6.45, 7) is 0.000184. The zero-order chi connectivity index (χ0) is 12.5. The van der Waals surface area contributed by atoms with Gasteiger partial charge in [-0.1, -0.05) is 11.6 Å². The van der Waals surface area contributed by atoms with Gasteiger partial charge in [-0.3, -0.25) is 4.18 Å². The van der Waals surface area contributed by atoms with Crippen molar-refractivity contribution in [2.75, 3.05) is 6.26 Å². The van der Waals surface area contributed by atoms with E-state index < -0.39 is 10.1 Å². The Hall–Kier alpha value is -0.470. The third-order valence-electron chi connectivity index (χ3n) is 1.88. The van der Waals surface area contributed by atoms with Crippen molar-refractivity contribution in [3.63, 3.8) is 0 Å². The van der Waals surface area contributed by atoms with Gasteiger partial charge >= 0.3 is 0 Å². The van der Waals surface area contributed by atoms with Crippen molar-refractivity contribution in [2.45, 2.75) is 6.61 Å². The van der Waals surface area contributed by atoms with Crippen LogP contribution in [-0.2, 0) is 20.9 Å².